The summed E-state index contributed by atoms with van der Waals surface area (Å²) in [4.78, 5) is 0. The van der Waals surface area contributed by atoms with Gasteiger partial charge in [-0.25, -0.2) is 8.42 Å². The normalized spacial score (nSPS) is 14.7. The van der Waals surface area contributed by atoms with Gasteiger partial charge in [0.15, 0.2) is 0 Å². The third-order valence-electron chi connectivity index (χ3n) is 4.15. The van der Waals surface area contributed by atoms with E-state index in [2.05, 4.69) is 20.2 Å². The SMILES string of the molecule is C1CCNCC1.Cc1cc(-c2ccc(C(F)(F)F)cc2NS(C)(=O)=O)nnc1N. The van der Waals surface area contributed by atoms with Crippen LogP contribution in [0.25, 0.3) is 11.3 Å². The van der Waals surface area contributed by atoms with Gasteiger partial charge in [0.2, 0.25) is 10.0 Å². The molecule has 160 valence electrons. The Bertz CT molecular complexity index is 933. The monoisotopic (exact) mass is 431 g/mol. The van der Waals surface area contributed by atoms with Gasteiger partial charge in [-0.15, -0.1) is 10.2 Å². The molecule has 1 aliphatic rings. The van der Waals surface area contributed by atoms with E-state index in [4.69, 9.17) is 5.73 Å². The maximum atomic E-state index is 12.8. The lowest BCUT2D eigenvalue weighted by Crippen LogP contribution is -2.21. The zero-order valence-corrected chi connectivity index (χ0v) is 17.0. The quantitative estimate of drug-likeness (QED) is 0.689. The molecule has 29 heavy (non-hydrogen) atoms. The van der Waals surface area contributed by atoms with E-state index < -0.39 is 21.8 Å². The predicted octanol–water partition coefficient (Wildman–Crippen LogP) is 3.18. The van der Waals surface area contributed by atoms with Crippen molar-refractivity contribution in [2.75, 3.05) is 29.8 Å². The molecule has 1 aromatic heterocycles. The number of rotatable bonds is 3. The van der Waals surface area contributed by atoms with Gasteiger partial charge in [0.25, 0.3) is 0 Å². The zero-order chi connectivity index (χ0) is 21.7. The second kappa shape index (κ2) is 9.40. The molecular formula is C18H24F3N5O2S. The molecule has 0 unspecified atom stereocenters. The number of nitrogens with zero attached hydrogens (tertiary/aromatic N) is 2. The van der Waals surface area contributed by atoms with Crippen LogP contribution in [-0.2, 0) is 16.2 Å². The van der Waals surface area contributed by atoms with Crippen LogP contribution in [0, 0.1) is 6.92 Å². The third kappa shape index (κ3) is 7.17. The van der Waals surface area contributed by atoms with Gasteiger partial charge in [-0.2, -0.15) is 13.2 Å². The highest BCUT2D eigenvalue weighted by Gasteiger charge is 2.31. The number of halogens is 3. The largest absolute Gasteiger partial charge is 0.416 e. The standard InChI is InChI=1S/C13H13F3N4O2S.C5H11N/c1-7-5-10(18-19-12(7)17)9-4-3-8(13(14,15)16)6-11(9)20-23(2,21)22;1-2-4-6-5-3-1/h3-6,20H,1-2H3,(H2,17,19);6H,1-5H2. The Labute approximate surface area is 168 Å². The van der Waals surface area contributed by atoms with E-state index in [1.807, 2.05) is 0 Å². The van der Waals surface area contributed by atoms with Crippen LogP contribution >= 0.6 is 0 Å². The van der Waals surface area contributed by atoms with Crippen molar-refractivity contribution in [1.29, 1.82) is 0 Å². The number of piperidine rings is 1. The first-order chi connectivity index (χ1) is 13.5. The molecule has 2 aromatic rings. The van der Waals surface area contributed by atoms with Crippen LogP contribution in [0.1, 0.15) is 30.4 Å². The van der Waals surface area contributed by atoms with Crippen LogP contribution in [-0.4, -0.2) is 38.0 Å². The van der Waals surface area contributed by atoms with Crippen molar-refractivity contribution in [3.05, 3.63) is 35.4 Å². The fourth-order valence-electron chi connectivity index (χ4n) is 2.66. The summed E-state index contributed by atoms with van der Waals surface area (Å²) < 4.78 is 63.4. The first kappa shape index (κ1) is 22.9. The molecular weight excluding hydrogens is 407 g/mol. The molecule has 7 nitrogen and oxygen atoms in total. The Balaban J connectivity index is 0.000000426. The average Bonchev–Trinajstić information content (AvgIpc) is 2.64. The highest BCUT2D eigenvalue weighted by molar-refractivity contribution is 7.92. The average molecular weight is 431 g/mol. The topological polar surface area (TPSA) is 110 Å². The number of hydrogen-bond donors (Lipinski definition) is 3. The summed E-state index contributed by atoms with van der Waals surface area (Å²) in [6.45, 7) is 4.15. The summed E-state index contributed by atoms with van der Waals surface area (Å²) in [6, 6.07) is 4.20. The number of hydrogen-bond acceptors (Lipinski definition) is 6. The number of nitrogen functional groups attached to an aromatic ring is 1. The first-order valence-corrected chi connectivity index (χ1v) is 10.9. The van der Waals surface area contributed by atoms with E-state index in [1.165, 1.54) is 38.4 Å². The molecule has 1 aromatic carbocycles. The van der Waals surface area contributed by atoms with Gasteiger partial charge in [-0.05, 0) is 56.6 Å². The van der Waals surface area contributed by atoms with Crippen molar-refractivity contribution in [1.82, 2.24) is 15.5 Å². The maximum Gasteiger partial charge on any atom is 0.416 e. The fourth-order valence-corrected chi connectivity index (χ4v) is 3.22. The molecule has 2 heterocycles. The number of aromatic nitrogens is 2. The number of benzene rings is 1. The lowest BCUT2D eigenvalue weighted by atomic mass is 10.0. The van der Waals surface area contributed by atoms with Gasteiger partial charge < -0.3 is 11.1 Å². The number of anilines is 2. The summed E-state index contributed by atoms with van der Waals surface area (Å²) in [5.41, 5.74) is 5.28. The van der Waals surface area contributed by atoms with Crippen LogP contribution in [0.2, 0.25) is 0 Å². The number of alkyl halides is 3. The highest BCUT2D eigenvalue weighted by Crippen LogP contribution is 2.36. The molecule has 0 amide bonds. The first-order valence-electron chi connectivity index (χ1n) is 8.97. The number of nitrogens with two attached hydrogens (primary N) is 1. The molecule has 11 heteroatoms. The van der Waals surface area contributed by atoms with E-state index in [0.29, 0.717) is 11.6 Å². The van der Waals surface area contributed by atoms with Crippen LogP contribution in [0.5, 0.6) is 0 Å². The summed E-state index contributed by atoms with van der Waals surface area (Å²) >= 11 is 0. The van der Waals surface area contributed by atoms with Crippen molar-refractivity contribution < 1.29 is 21.6 Å². The Morgan fingerprint density at radius 2 is 1.76 bits per heavy atom. The van der Waals surface area contributed by atoms with E-state index in [1.54, 1.807) is 6.92 Å². The second-order valence-corrected chi connectivity index (χ2v) is 8.49. The van der Waals surface area contributed by atoms with Gasteiger partial charge >= 0.3 is 6.18 Å². The van der Waals surface area contributed by atoms with Crippen LogP contribution < -0.4 is 15.8 Å². The van der Waals surface area contributed by atoms with Crippen LogP contribution in [0.3, 0.4) is 0 Å². The lowest BCUT2D eigenvalue weighted by Gasteiger charge is -2.14. The summed E-state index contributed by atoms with van der Waals surface area (Å²) in [7, 11) is -3.78. The fraction of sp³-hybridized carbons (Fsp3) is 0.444. The van der Waals surface area contributed by atoms with Gasteiger partial charge in [-0.1, -0.05) is 12.5 Å². The third-order valence-corrected chi connectivity index (χ3v) is 4.74. The van der Waals surface area contributed by atoms with E-state index in [9.17, 15) is 21.6 Å². The molecule has 0 spiro atoms. The van der Waals surface area contributed by atoms with Crippen molar-refractivity contribution in [2.24, 2.45) is 0 Å². The van der Waals surface area contributed by atoms with Gasteiger partial charge in [0.05, 0.1) is 23.2 Å². The summed E-state index contributed by atoms with van der Waals surface area (Å²) in [5.74, 6) is 0.179. The van der Waals surface area contributed by atoms with E-state index in [0.717, 1.165) is 18.4 Å². The minimum Gasteiger partial charge on any atom is -0.382 e. The number of nitrogens with one attached hydrogen (secondary N) is 2. The Morgan fingerprint density at radius 3 is 2.21 bits per heavy atom. The Hall–Kier alpha value is -2.40. The molecule has 4 N–H and O–H groups in total. The molecule has 1 saturated heterocycles. The summed E-state index contributed by atoms with van der Waals surface area (Å²) in [6.07, 6.45) is 0.457. The molecule has 3 rings (SSSR count). The van der Waals surface area contributed by atoms with Gasteiger partial charge in [0.1, 0.15) is 5.82 Å². The summed E-state index contributed by atoms with van der Waals surface area (Å²) in [5, 5.41) is 10.8. The Morgan fingerprint density at radius 1 is 1.10 bits per heavy atom. The van der Waals surface area contributed by atoms with Crippen LogP contribution in [0.15, 0.2) is 24.3 Å². The van der Waals surface area contributed by atoms with E-state index in [-0.39, 0.29) is 22.8 Å². The molecule has 1 fully saturated rings. The molecule has 0 bridgehead atoms. The predicted molar refractivity (Wildman–Crippen MR) is 107 cm³/mol. The molecule has 0 atom stereocenters. The number of aryl methyl sites for hydroxylation is 1. The lowest BCUT2D eigenvalue weighted by molar-refractivity contribution is -0.137. The highest BCUT2D eigenvalue weighted by atomic mass is 32.2. The maximum absolute atomic E-state index is 12.8. The van der Waals surface area contributed by atoms with Crippen molar-refractivity contribution in [3.63, 3.8) is 0 Å². The van der Waals surface area contributed by atoms with Crippen molar-refractivity contribution >= 4 is 21.5 Å². The molecule has 0 aliphatic carbocycles. The smallest absolute Gasteiger partial charge is 0.382 e. The number of sulfonamides is 1. The van der Waals surface area contributed by atoms with Crippen LogP contribution in [0.4, 0.5) is 24.7 Å². The molecule has 0 saturated carbocycles. The van der Waals surface area contributed by atoms with Crippen molar-refractivity contribution in [3.8, 4) is 11.3 Å². The Kier molecular flexibility index (Phi) is 7.42. The van der Waals surface area contributed by atoms with Gasteiger partial charge in [-0.3, -0.25) is 4.72 Å². The molecule has 1 aliphatic heterocycles. The second-order valence-electron chi connectivity index (χ2n) is 6.74. The molecule has 0 radical (unpaired) electrons. The van der Waals surface area contributed by atoms with E-state index >= 15 is 0 Å². The minimum atomic E-state index is -4.60. The van der Waals surface area contributed by atoms with Gasteiger partial charge in [0, 0.05) is 5.56 Å². The van der Waals surface area contributed by atoms with Crippen molar-refractivity contribution in [2.45, 2.75) is 32.4 Å². The minimum absolute atomic E-state index is 0.166. The zero-order valence-electron chi connectivity index (χ0n) is 16.2.